The second-order valence-corrected chi connectivity index (χ2v) is 5.77. The van der Waals surface area contributed by atoms with Gasteiger partial charge in [0.25, 0.3) is 0 Å². The van der Waals surface area contributed by atoms with Gasteiger partial charge in [0.15, 0.2) is 0 Å². The Labute approximate surface area is 127 Å². The summed E-state index contributed by atoms with van der Waals surface area (Å²) in [6, 6.07) is 18.2. The molecule has 1 heterocycles. The van der Waals surface area contributed by atoms with E-state index in [0.717, 1.165) is 21.3 Å². The molecule has 0 unspecified atom stereocenters. The summed E-state index contributed by atoms with van der Waals surface area (Å²) in [5, 5.41) is 11.7. The van der Waals surface area contributed by atoms with Crippen LogP contribution in [0.2, 0.25) is 0 Å². The Morgan fingerprint density at radius 2 is 1.71 bits per heavy atom. The van der Waals surface area contributed by atoms with Gasteiger partial charge >= 0.3 is 0 Å². The summed E-state index contributed by atoms with van der Waals surface area (Å²) in [5.41, 5.74) is 3.44. The third-order valence-electron chi connectivity index (χ3n) is 3.23. The van der Waals surface area contributed by atoms with E-state index in [0.29, 0.717) is 6.54 Å². The molecule has 5 heteroatoms. The van der Waals surface area contributed by atoms with E-state index in [9.17, 15) is 0 Å². The summed E-state index contributed by atoms with van der Waals surface area (Å²) in [5.74, 6) is 6.10. The van der Waals surface area contributed by atoms with E-state index in [-0.39, 0.29) is 0 Å². The van der Waals surface area contributed by atoms with Crippen molar-refractivity contribution in [2.45, 2.75) is 13.5 Å². The van der Waals surface area contributed by atoms with Gasteiger partial charge in [-0.2, -0.15) is 0 Å². The number of hydrogen-bond acceptors (Lipinski definition) is 5. The predicted octanol–water partition coefficient (Wildman–Crippen LogP) is 3.39. The molecule has 106 valence electrons. The van der Waals surface area contributed by atoms with Crippen molar-refractivity contribution < 1.29 is 0 Å². The molecule has 0 aliphatic carbocycles. The molecule has 21 heavy (non-hydrogen) atoms. The maximum absolute atomic E-state index is 6.10. The van der Waals surface area contributed by atoms with Gasteiger partial charge in [-0.1, -0.05) is 65.9 Å². The van der Waals surface area contributed by atoms with Crippen LogP contribution in [0.25, 0.3) is 10.6 Å². The van der Waals surface area contributed by atoms with Crippen LogP contribution in [0.15, 0.2) is 54.6 Å². The molecular weight excluding hydrogens is 280 g/mol. The van der Waals surface area contributed by atoms with Gasteiger partial charge in [-0.25, -0.2) is 5.84 Å². The lowest BCUT2D eigenvalue weighted by Gasteiger charge is -2.14. The molecule has 2 aromatic carbocycles. The van der Waals surface area contributed by atoms with Gasteiger partial charge in [0.2, 0.25) is 5.13 Å². The van der Waals surface area contributed by atoms with Crippen LogP contribution in [0, 0.1) is 6.92 Å². The minimum Gasteiger partial charge on any atom is -0.280 e. The van der Waals surface area contributed by atoms with E-state index in [1.165, 1.54) is 16.9 Å². The number of benzene rings is 2. The Morgan fingerprint density at radius 1 is 1.00 bits per heavy atom. The number of anilines is 1. The van der Waals surface area contributed by atoms with Crippen LogP contribution in [0.1, 0.15) is 11.1 Å². The van der Waals surface area contributed by atoms with E-state index in [1.807, 2.05) is 42.5 Å². The molecule has 0 fully saturated rings. The number of nitrogens with two attached hydrogens (primary N) is 1. The van der Waals surface area contributed by atoms with Crippen LogP contribution in [-0.2, 0) is 6.54 Å². The Bertz CT molecular complexity index is 724. The third kappa shape index (κ3) is 3.09. The summed E-state index contributed by atoms with van der Waals surface area (Å²) in [6.07, 6.45) is 0. The number of hydrazine groups is 1. The minimum absolute atomic E-state index is 0.614. The second-order valence-electron chi connectivity index (χ2n) is 4.82. The Hall–Kier alpha value is -2.24. The van der Waals surface area contributed by atoms with Crippen molar-refractivity contribution in [1.82, 2.24) is 10.2 Å². The average molecular weight is 296 g/mol. The van der Waals surface area contributed by atoms with E-state index in [1.54, 1.807) is 5.01 Å². The first-order chi connectivity index (χ1) is 10.2. The van der Waals surface area contributed by atoms with E-state index in [4.69, 9.17) is 5.84 Å². The van der Waals surface area contributed by atoms with Gasteiger partial charge < -0.3 is 0 Å². The monoisotopic (exact) mass is 296 g/mol. The van der Waals surface area contributed by atoms with Gasteiger partial charge in [0.1, 0.15) is 5.01 Å². The molecule has 4 nitrogen and oxygen atoms in total. The highest BCUT2D eigenvalue weighted by molar-refractivity contribution is 7.18. The summed E-state index contributed by atoms with van der Waals surface area (Å²) >= 11 is 1.51. The van der Waals surface area contributed by atoms with Crippen LogP contribution in [0.4, 0.5) is 5.13 Å². The molecule has 3 rings (SSSR count). The summed E-state index contributed by atoms with van der Waals surface area (Å²) < 4.78 is 0. The van der Waals surface area contributed by atoms with Gasteiger partial charge in [-0.3, -0.25) is 5.01 Å². The first-order valence-corrected chi connectivity index (χ1v) is 7.51. The quantitative estimate of drug-likeness (QED) is 0.592. The van der Waals surface area contributed by atoms with Crippen molar-refractivity contribution in [3.63, 3.8) is 0 Å². The maximum atomic E-state index is 6.10. The Morgan fingerprint density at radius 3 is 2.48 bits per heavy atom. The third-order valence-corrected chi connectivity index (χ3v) is 4.22. The van der Waals surface area contributed by atoms with Crippen molar-refractivity contribution in [2.24, 2.45) is 5.84 Å². The fourth-order valence-corrected chi connectivity index (χ4v) is 2.96. The fraction of sp³-hybridized carbons (Fsp3) is 0.125. The highest BCUT2D eigenvalue weighted by Gasteiger charge is 2.12. The molecule has 0 saturated carbocycles. The first-order valence-electron chi connectivity index (χ1n) is 6.70. The molecule has 0 bridgehead atoms. The van der Waals surface area contributed by atoms with Crippen LogP contribution in [0.3, 0.4) is 0 Å². The molecule has 0 atom stereocenters. The predicted molar refractivity (Wildman–Crippen MR) is 86.9 cm³/mol. The topological polar surface area (TPSA) is 55.0 Å². The Kier molecular flexibility index (Phi) is 3.94. The number of rotatable bonds is 4. The summed E-state index contributed by atoms with van der Waals surface area (Å²) in [6.45, 7) is 2.68. The van der Waals surface area contributed by atoms with Crippen LogP contribution >= 0.6 is 11.3 Å². The maximum Gasteiger partial charge on any atom is 0.222 e. The van der Waals surface area contributed by atoms with Gasteiger partial charge in [0.05, 0.1) is 6.54 Å². The van der Waals surface area contributed by atoms with Gasteiger partial charge in [-0.05, 0) is 18.1 Å². The lowest BCUT2D eigenvalue weighted by molar-refractivity contribution is 0.833. The van der Waals surface area contributed by atoms with E-state index < -0.39 is 0 Å². The molecule has 0 spiro atoms. The highest BCUT2D eigenvalue weighted by atomic mass is 32.1. The first kappa shape index (κ1) is 13.7. The zero-order chi connectivity index (χ0) is 14.7. The molecule has 0 aliphatic heterocycles. The number of nitrogens with zero attached hydrogens (tertiary/aromatic N) is 3. The summed E-state index contributed by atoms with van der Waals surface area (Å²) in [4.78, 5) is 0. The zero-order valence-corrected chi connectivity index (χ0v) is 12.5. The second kappa shape index (κ2) is 6.03. The minimum atomic E-state index is 0.614. The molecule has 1 aromatic heterocycles. The fourth-order valence-electron chi connectivity index (χ4n) is 2.10. The summed E-state index contributed by atoms with van der Waals surface area (Å²) in [7, 11) is 0. The SMILES string of the molecule is Cc1ccccc1-c1nnc(N(N)Cc2ccccc2)s1. The Balaban J connectivity index is 1.80. The molecule has 3 aromatic rings. The largest absolute Gasteiger partial charge is 0.280 e. The smallest absolute Gasteiger partial charge is 0.222 e. The lowest BCUT2D eigenvalue weighted by atomic mass is 10.1. The van der Waals surface area contributed by atoms with Crippen molar-refractivity contribution in [3.8, 4) is 10.6 Å². The van der Waals surface area contributed by atoms with Crippen LogP contribution < -0.4 is 10.9 Å². The molecule has 0 radical (unpaired) electrons. The highest BCUT2D eigenvalue weighted by Crippen LogP contribution is 2.30. The molecule has 0 amide bonds. The van der Waals surface area contributed by atoms with Crippen molar-refractivity contribution in [1.29, 1.82) is 0 Å². The van der Waals surface area contributed by atoms with Gasteiger partial charge in [-0.15, -0.1) is 10.2 Å². The number of aromatic nitrogens is 2. The molecular formula is C16H16N4S. The van der Waals surface area contributed by atoms with Crippen LogP contribution in [0.5, 0.6) is 0 Å². The van der Waals surface area contributed by atoms with Crippen LogP contribution in [-0.4, -0.2) is 10.2 Å². The number of hydrogen-bond donors (Lipinski definition) is 1. The zero-order valence-electron chi connectivity index (χ0n) is 11.7. The van der Waals surface area contributed by atoms with Crippen molar-refractivity contribution in [3.05, 3.63) is 65.7 Å². The van der Waals surface area contributed by atoms with Crippen molar-refractivity contribution >= 4 is 16.5 Å². The normalized spacial score (nSPS) is 10.6. The number of aryl methyl sites for hydroxylation is 1. The molecule has 0 aliphatic rings. The molecule has 2 N–H and O–H groups in total. The lowest BCUT2D eigenvalue weighted by Crippen LogP contribution is -2.29. The van der Waals surface area contributed by atoms with Gasteiger partial charge in [0, 0.05) is 5.56 Å². The van der Waals surface area contributed by atoms with E-state index >= 15 is 0 Å². The van der Waals surface area contributed by atoms with E-state index in [2.05, 4.69) is 29.3 Å². The average Bonchev–Trinajstić information content (AvgIpc) is 2.98. The standard InChI is InChI=1S/C16H16N4S/c1-12-7-5-6-10-14(12)15-18-19-16(21-15)20(17)11-13-8-3-2-4-9-13/h2-10H,11,17H2,1H3. The molecule has 0 saturated heterocycles. The van der Waals surface area contributed by atoms with Crippen molar-refractivity contribution in [2.75, 3.05) is 5.01 Å².